The maximum Gasteiger partial charge on any atom is 0.343 e. The summed E-state index contributed by atoms with van der Waals surface area (Å²) in [5.41, 5.74) is 5.98. The summed E-state index contributed by atoms with van der Waals surface area (Å²) < 4.78 is 9.87. The van der Waals surface area contributed by atoms with Crippen LogP contribution in [0.15, 0.2) is 18.2 Å². The van der Waals surface area contributed by atoms with Crippen LogP contribution in [-0.2, 0) is 9.53 Å². The predicted molar refractivity (Wildman–Crippen MR) is 70.9 cm³/mol. The van der Waals surface area contributed by atoms with E-state index in [9.17, 15) is 9.59 Å². The molecule has 0 heterocycles. The van der Waals surface area contributed by atoms with Crippen LogP contribution < -0.4 is 15.8 Å². The fourth-order valence-corrected chi connectivity index (χ4v) is 1.44. The number of nitrogen functional groups attached to an aromatic ring is 1. The fourth-order valence-electron chi connectivity index (χ4n) is 1.44. The molecular weight excluding hydrogens is 262 g/mol. The van der Waals surface area contributed by atoms with E-state index in [1.54, 1.807) is 6.07 Å². The minimum atomic E-state index is -0.636. The zero-order chi connectivity index (χ0) is 15.0. The number of hydrogen-bond donors (Lipinski definition) is 2. The lowest BCUT2D eigenvalue weighted by Gasteiger charge is -2.11. The molecule has 0 unspecified atom stereocenters. The molecule has 1 aromatic carbocycles. The number of amides is 1. The Balaban J connectivity index is 2.69. The number of carbonyl (C=O) groups is 2. The van der Waals surface area contributed by atoms with E-state index in [4.69, 9.17) is 15.7 Å². The van der Waals surface area contributed by atoms with Crippen LogP contribution in [0.3, 0.4) is 0 Å². The molecule has 0 aliphatic carbocycles. The average molecular weight is 277 g/mol. The van der Waals surface area contributed by atoms with Crippen molar-refractivity contribution in [3.63, 3.8) is 0 Å². The van der Waals surface area contributed by atoms with Crippen LogP contribution in [0.25, 0.3) is 0 Å². The Morgan fingerprint density at radius 3 is 2.85 bits per heavy atom. The Morgan fingerprint density at radius 1 is 1.45 bits per heavy atom. The van der Waals surface area contributed by atoms with Gasteiger partial charge in [0.2, 0.25) is 0 Å². The maximum atomic E-state index is 11.6. The van der Waals surface area contributed by atoms with Gasteiger partial charge in [-0.15, -0.1) is 0 Å². The van der Waals surface area contributed by atoms with Crippen molar-refractivity contribution in [3.8, 4) is 11.8 Å². The van der Waals surface area contributed by atoms with Gasteiger partial charge in [0.1, 0.15) is 11.3 Å². The minimum Gasteiger partial charge on any atom is -0.483 e. The first-order chi connectivity index (χ1) is 9.60. The van der Waals surface area contributed by atoms with Gasteiger partial charge < -0.3 is 20.5 Å². The summed E-state index contributed by atoms with van der Waals surface area (Å²) in [4.78, 5) is 23.0. The lowest BCUT2D eigenvalue weighted by molar-refractivity contribution is -0.123. The van der Waals surface area contributed by atoms with Crippen molar-refractivity contribution in [2.75, 3.05) is 26.0 Å². The van der Waals surface area contributed by atoms with Crippen molar-refractivity contribution in [2.45, 2.75) is 6.42 Å². The third-order valence-electron chi connectivity index (χ3n) is 2.37. The number of rotatable bonds is 6. The van der Waals surface area contributed by atoms with Crippen LogP contribution in [0.1, 0.15) is 16.8 Å². The molecule has 106 valence electrons. The van der Waals surface area contributed by atoms with E-state index in [0.29, 0.717) is 0 Å². The Kier molecular flexibility index (Phi) is 5.84. The van der Waals surface area contributed by atoms with E-state index in [-0.39, 0.29) is 36.6 Å². The lowest BCUT2D eigenvalue weighted by atomic mass is 10.1. The quantitative estimate of drug-likeness (QED) is 0.443. The molecule has 0 bridgehead atoms. The Morgan fingerprint density at radius 2 is 2.20 bits per heavy atom. The number of ether oxygens (including phenoxy) is 2. The summed E-state index contributed by atoms with van der Waals surface area (Å²) in [5, 5.41) is 10.8. The molecule has 0 saturated carbocycles. The van der Waals surface area contributed by atoms with E-state index in [0.717, 1.165) is 0 Å². The van der Waals surface area contributed by atoms with E-state index in [1.807, 2.05) is 6.07 Å². The van der Waals surface area contributed by atoms with Gasteiger partial charge in [-0.25, -0.2) is 4.79 Å². The van der Waals surface area contributed by atoms with Crippen molar-refractivity contribution >= 4 is 17.6 Å². The maximum absolute atomic E-state index is 11.6. The van der Waals surface area contributed by atoms with Crippen LogP contribution in [-0.4, -0.2) is 32.1 Å². The molecule has 0 aliphatic rings. The molecule has 0 saturated heterocycles. The van der Waals surface area contributed by atoms with Crippen molar-refractivity contribution < 1.29 is 19.1 Å². The normalized spacial score (nSPS) is 9.40. The lowest BCUT2D eigenvalue weighted by Crippen LogP contribution is -2.29. The van der Waals surface area contributed by atoms with Crippen LogP contribution in [0.4, 0.5) is 5.69 Å². The number of methoxy groups -OCH3 is 1. The van der Waals surface area contributed by atoms with Crippen molar-refractivity contribution in [2.24, 2.45) is 0 Å². The number of esters is 1. The summed E-state index contributed by atoms with van der Waals surface area (Å²) in [6, 6.07) is 6.56. The number of nitrogens with two attached hydrogens (primary N) is 1. The third kappa shape index (κ3) is 4.17. The Bertz CT molecular complexity index is 537. The topological polar surface area (TPSA) is 114 Å². The Labute approximate surface area is 116 Å². The summed E-state index contributed by atoms with van der Waals surface area (Å²) in [5.74, 6) is -0.853. The van der Waals surface area contributed by atoms with Gasteiger partial charge in [0, 0.05) is 12.2 Å². The second kappa shape index (κ2) is 7.63. The number of anilines is 1. The van der Waals surface area contributed by atoms with Crippen molar-refractivity contribution in [1.82, 2.24) is 5.32 Å². The monoisotopic (exact) mass is 277 g/mol. The molecule has 0 fully saturated rings. The van der Waals surface area contributed by atoms with Gasteiger partial charge in [-0.1, -0.05) is 6.07 Å². The molecule has 7 nitrogen and oxygen atoms in total. The van der Waals surface area contributed by atoms with Crippen LogP contribution in [0, 0.1) is 11.3 Å². The van der Waals surface area contributed by atoms with Gasteiger partial charge in [0.25, 0.3) is 5.91 Å². The first-order valence-corrected chi connectivity index (χ1v) is 5.83. The van der Waals surface area contributed by atoms with Gasteiger partial charge in [0.15, 0.2) is 6.61 Å². The number of benzene rings is 1. The van der Waals surface area contributed by atoms with Crippen molar-refractivity contribution in [3.05, 3.63) is 23.8 Å². The third-order valence-corrected chi connectivity index (χ3v) is 2.37. The second-order valence-electron chi connectivity index (χ2n) is 3.76. The van der Waals surface area contributed by atoms with Gasteiger partial charge in [-0.2, -0.15) is 5.26 Å². The second-order valence-corrected chi connectivity index (χ2v) is 3.76. The van der Waals surface area contributed by atoms with Crippen LogP contribution in [0.2, 0.25) is 0 Å². The summed E-state index contributed by atoms with van der Waals surface area (Å²) in [7, 11) is 1.23. The molecule has 3 N–H and O–H groups in total. The van der Waals surface area contributed by atoms with E-state index in [2.05, 4.69) is 10.1 Å². The van der Waals surface area contributed by atoms with Crippen molar-refractivity contribution in [1.29, 1.82) is 5.26 Å². The summed E-state index contributed by atoms with van der Waals surface area (Å²) >= 11 is 0. The smallest absolute Gasteiger partial charge is 0.343 e. The largest absolute Gasteiger partial charge is 0.483 e. The Hall–Kier alpha value is -2.75. The minimum absolute atomic E-state index is 0.0832. The number of carbonyl (C=O) groups excluding carboxylic acids is 2. The number of nitrogens with one attached hydrogen (secondary N) is 1. The highest BCUT2D eigenvalue weighted by Gasteiger charge is 2.17. The SMILES string of the molecule is COC(=O)c1c(N)cccc1OCC(=O)NCCC#N. The molecule has 1 aromatic rings. The van der Waals surface area contributed by atoms with Crippen LogP contribution >= 0.6 is 0 Å². The molecule has 0 atom stereocenters. The van der Waals surface area contributed by atoms with Gasteiger partial charge in [0.05, 0.1) is 19.6 Å². The first-order valence-electron chi connectivity index (χ1n) is 5.83. The molecule has 0 aliphatic heterocycles. The van der Waals surface area contributed by atoms with E-state index >= 15 is 0 Å². The highest BCUT2D eigenvalue weighted by atomic mass is 16.5. The van der Waals surface area contributed by atoms with Crippen LogP contribution in [0.5, 0.6) is 5.75 Å². The summed E-state index contributed by atoms with van der Waals surface area (Å²) in [6.07, 6.45) is 0.220. The fraction of sp³-hybridized carbons (Fsp3) is 0.308. The molecular formula is C13H15N3O4. The van der Waals surface area contributed by atoms with Gasteiger partial charge in [-0.3, -0.25) is 4.79 Å². The molecule has 20 heavy (non-hydrogen) atoms. The molecule has 1 rings (SSSR count). The average Bonchev–Trinajstić information content (AvgIpc) is 2.44. The number of nitrogens with zero attached hydrogens (tertiary/aromatic N) is 1. The summed E-state index contributed by atoms with van der Waals surface area (Å²) in [6.45, 7) is -0.0294. The van der Waals surface area contributed by atoms with E-state index < -0.39 is 11.9 Å². The number of hydrogen-bond acceptors (Lipinski definition) is 6. The number of nitriles is 1. The zero-order valence-corrected chi connectivity index (χ0v) is 11.0. The predicted octanol–water partition coefficient (Wildman–Crippen LogP) is 0.464. The molecule has 0 aromatic heterocycles. The first kappa shape index (κ1) is 15.3. The zero-order valence-electron chi connectivity index (χ0n) is 11.0. The van der Waals surface area contributed by atoms with Gasteiger partial charge in [-0.05, 0) is 12.1 Å². The molecule has 0 spiro atoms. The highest BCUT2D eigenvalue weighted by molar-refractivity contribution is 5.98. The molecule has 1 amide bonds. The van der Waals surface area contributed by atoms with Gasteiger partial charge >= 0.3 is 5.97 Å². The molecule has 0 radical (unpaired) electrons. The molecule has 7 heteroatoms. The standard InChI is InChI=1S/C13H15N3O4/c1-19-13(18)12-9(15)4-2-5-10(12)20-8-11(17)16-7-3-6-14/h2,4-5H,3,7-8,15H2,1H3,(H,16,17). The highest BCUT2D eigenvalue weighted by Crippen LogP contribution is 2.25. The van der Waals surface area contributed by atoms with E-state index in [1.165, 1.54) is 19.2 Å².